The van der Waals surface area contributed by atoms with E-state index in [2.05, 4.69) is 18.3 Å². The molecule has 4 atom stereocenters. The van der Waals surface area contributed by atoms with Crippen LogP contribution in [-0.2, 0) is 9.59 Å². The smallest absolute Gasteiger partial charge is 0.255 e. The lowest BCUT2D eigenvalue weighted by Gasteiger charge is -2.19. The number of nitrogens with zero attached hydrogens (tertiary/aromatic N) is 1. The average Bonchev–Trinajstić information content (AvgIpc) is 3.35. The van der Waals surface area contributed by atoms with E-state index < -0.39 is 0 Å². The molecule has 2 bridgehead atoms. The lowest BCUT2D eigenvalue weighted by atomic mass is 9.82. The Labute approximate surface area is 179 Å². The zero-order chi connectivity index (χ0) is 21.2. The van der Waals surface area contributed by atoms with Crippen LogP contribution in [0.4, 0.5) is 11.4 Å². The van der Waals surface area contributed by atoms with Crippen molar-refractivity contribution in [1.29, 1.82) is 0 Å². The van der Waals surface area contributed by atoms with Crippen molar-refractivity contribution >= 4 is 40.7 Å². The van der Waals surface area contributed by atoms with E-state index in [4.69, 9.17) is 11.6 Å². The third-order valence-electron chi connectivity index (χ3n) is 6.72. The van der Waals surface area contributed by atoms with Crippen molar-refractivity contribution in [2.24, 2.45) is 23.7 Å². The number of amides is 3. The summed E-state index contributed by atoms with van der Waals surface area (Å²) in [7, 11) is 0. The highest BCUT2D eigenvalue weighted by Gasteiger charge is 2.60. The van der Waals surface area contributed by atoms with E-state index in [9.17, 15) is 14.4 Å². The van der Waals surface area contributed by atoms with Crippen LogP contribution in [0.5, 0.6) is 0 Å². The van der Waals surface area contributed by atoms with Crippen molar-refractivity contribution in [3.8, 4) is 0 Å². The third-order valence-corrected chi connectivity index (χ3v) is 6.95. The van der Waals surface area contributed by atoms with E-state index in [-0.39, 0.29) is 41.4 Å². The summed E-state index contributed by atoms with van der Waals surface area (Å²) in [6.45, 7) is 3.94. The standard InChI is InChI=1S/C24H21ClN2O3/c1-12-3-6-16(25)11-19(12)26-22(28)14-4-7-17(8-5-14)27-23(29)20-15-9-13(2)18(10-15)21(20)24(27)30/h3-9,11,15,18,20-21H,10H2,1-2H3,(H,26,28)/t15-,18+,20-,21-/m0/s1. The van der Waals surface area contributed by atoms with Crippen LogP contribution in [0.25, 0.3) is 0 Å². The molecule has 0 radical (unpaired) electrons. The van der Waals surface area contributed by atoms with Gasteiger partial charge in [0.2, 0.25) is 11.8 Å². The Morgan fingerprint density at radius 1 is 1.03 bits per heavy atom. The van der Waals surface area contributed by atoms with Crippen LogP contribution in [0, 0.1) is 30.6 Å². The Kier molecular flexibility index (Phi) is 4.33. The molecule has 1 saturated heterocycles. The van der Waals surface area contributed by atoms with E-state index in [1.807, 2.05) is 13.0 Å². The summed E-state index contributed by atoms with van der Waals surface area (Å²) in [5.74, 6) is -0.619. The minimum atomic E-state index is -0.277. The number of fused-ring (bicyclic) bond motifs is 5. The molecule has 1 heterocycles. The summed E-state index contributed by atoms with van der Waals surface area (Å²) in [5.41, 5.74) is 3.74. The summed E-state index contributed by atoms with van der Waals surface area (Å²) in [6, 6.07) is 11.9. The molecule has 2 aliphatic carbocycles. The van der Waals surface area contributed by atoms with Gasteiger partial charge in [-0.2, -0.15) is 0 Å². The Morgan fingerprint density at radius 3 is 2.47 bits per heavy atom. The van der Waals surface area contributed by atoms with Crippen molar-refractivity contribution < 1.29 is 14.4 Å². The molecule has 0 spiro atoms. The first-order valence-corrected chi connectivity index (χ1v) is 10.5. The van der Waals surface area contributed by atoms with Gasteiger partial charge in [-0.15, -0.1) is 0 Å². The van der Waals surface area contributed by atoms with Crippen LogP contribution >= 0.6 is 11.6 Å². The number of hydrogen-bond donors (Lipinski definition) is 1. The Morgan fingerprint density at radius 2 is 1.73 bits per heavy atom. The maximum absolute atomic E-state index is 13.0. The first-order valence-electron chi connectivity index (χ1n) is 10.1. The second kappa shape index (κ2) is 6.81. The van der Waals surface area contributed by atoms with Gasteiger partial charge in [0.1, 0.15) is 0 Å². The maximum Gasteiger partial charge on any atom is 0.255 e. The van der Waals surface area contributed by atoms with Crippen LogP contribution in [0.3, 0.4) is 0 Å². The quantitative estimate of drug-likeness (QED) is 0.582. The molecule has 1 N–H and O–H groups in total. The molecule has 6 heteroatoms. The number of nitrogens with one attached hydrogen (secondary N) is 1. The number of halogens is 1. The predicted molar refractivity (Wildman–Crippen MR) is 115 cm³/mol. The van der Waals surface area contributed by atoms with Gasteiger partial charge in [-0.25, -0.2) is 0 Å². The van der Waals surface area contributed by atoms with Gasteiger partial charge in [-0.3, -0.25) is 19.3 Å². The van der Waals surface area contributed by atoms with E-state index >= 15 is 0 Å². The van der Waals surface area contributed by atoms with E-state index in [1.165, 1.54) is 10.5 Å². The van der Waals surface area contributed by atoms with Gasteiger partial charge in [0.25, 0.3) is 5.91 Å². The molecule has 3 aliphatic rings. The number of hydrogen-bond acceptors (Lipinski definition) is 3. The normalized spacial score (nSPS) is 26.8. The van der Waals surface area contributed by atoms with Gasteiger partial charge in [-0.1, -0.05) is 29.3 Å². The molecule has 1 aliphatic heterocycles. The lowest BCUT2D eigenvalue weighted by molar-refractivity contribution is -0.123. The van der Waals surface area contributed by atoms with Crippen LogP contribution in [0.1, 0.15) is 29.3 Å². The molecule has 3 amide bonds. The summed E-state index contributed by atoms with van der Waals surface area (Å²) in [6.07, 6.45) is 3.07. The summed E-state index contributed by atoms with van der Waals surface area (Å²) >= 11 is 6.02. The van der Waals surface area contributed by atoms with Gasteiger partial charge >= 0.3 is 0 Å². The molecule has 152 valence electrons. The SMILES string of the molecule is CC1=C[C@H]2C[C@H]1[C@@H]1C(=O)N(c3ccc(C(=O)Nc4cc(Cl)ccc4C)cc3)C(=O)[C@H]12. The Bertz CT molecular complexity index is 1120. The first-order chi connectivity index (χ1) is 14.3. The molecule has 2 aromatic carbocycles. The number of rotatable bonds is 3. The largest absolute Gasteiger partial charge is 0.322 e. The number of carbonyl (C=O) groups excluding carboxylic acids is 3. The van der Waals surface area contributed by atoms with Crippen LogP contribution in [0.2, 0.25) is 5.02 Å². The number of allylic oxidation sites excluding steroid dienone is 2. The number of anilines is 2. The third kappa shape index (κ3) is 2.80. The lowest BCUT2D eigenvalue weighted by Crippen LogP contribution is -2.33. The van der Waals surface area contributed by atoms with Gasteiger partial charge in [-0.05, 0) is 74.1 Å². The van der Waals surface area contributed by atoms with Crippen LogP contribution in [-0.4, -0.2) is 17.7 Å². The molecular formula is C24H21ClN2O3. The van der Waals surface area contributed by atoms with E-state index in [0.717, 1.165) is 12.0 Å². The molecule has 5 rings (SSSR count). The minimum absolute atomic E-state index is 0.114. The van der Waals surface area contributed by atoms with Crippen molar-refractivity contribution in [3.05, 3.63) is 70.3 Å². The fourth-order valence-electron chi connectivity index (χ4n) is 5.21. The van der Waals surface area contributed by atoms with Crippen LogP contribution < -0.4 is 10.2 Å². The Balaban J connectivity index is 1.36. The van der Waals surface area contributed by atoms with E-state index in [1.54, 1.807) is 36.4 Å². The monoisotopic (exact) mass is 420 g/mol. The number of benzene rings is 2. The number of imide groups is 1. The molecule has 30 heavy (non-hydrogen) atoms. The Hall–Kier alpha value is -2.92. The van der Waals surface area contributed by atoms with Crippen molar-refractivity contribution in [3.63, 3.8) is 0 Å². The molecule has 1 saturated carbocycles. The molecule has 5 nitrogen and oxygen atoms in total. The topological polar surface area (TPSA) is 66.5 Å². The zero-order valence-corrected chi connectivity index (χ0v) is 17.4. The van der Waals surface area contributed by atoms with E-state index in [0.29, 0.717) is 22.0 Å². The van der Waals surface area contributed by atoms with Crippen molar-refractivity contribution in [2.45, 2.75) is 20.3 Å². The first kappa shape index (κ1) is 19.1. The predicted octanol–water partition coefficient (Wildman–Crippen LogP) is 4.60. The molecule has 0 aromatic heterocycles. The number of aryl methyl sites for hydroxylation is 1. The zero-order valence-electron chi connectivity index (χ0n) is 16.7. The van der Waals surface area contributed by atoms with Crippen LogP contribution in [0.15, 0.2) is 54.1 Å². The number of carbonyl (C=O) groups is 3. The fourth-order valence-corrected chi connectivity index (χ4v) is 5.39. The van der Waals surface area contributed by atoms with Crippen molar-refractivity contribution in [2.75, 3.05) is 10.2 Å². The minimum Gasteiger partial charge on any atom is -0.322 e. The fraction of sp³-hybridized carbons (Fsp3) is 0.292. The van der Waals surface area contributed by atoms with Gasteiger partial charge in [0.05, 0.1) is 17.5 Å². The molecule has 2 aromatic rings. The van der Waals surface area contributed by atoms with Crippen molar-refractivity contribution in [1.82, 2.24) is 0 Å². The molecule has 2 fully saturated rings. The second-order valence-corrected chi connectivity index (χ2v) is 8.88. The highest BCUT2D eigenvalue weighted by Crippen LogP contribution is 2.55. The summed E-state index contributed by atoms with van der Waals surface area (Å²) in [4.78, 5) is 40.0. The summed E-state index contributed by atoms with van der Waals surface area (Å²) in [5, 5.41) is 3.40. The van der Waals surface area contributed by atoms with Gasteiger partial charge in [0.15, 0.2) is 0 Å². The second-order valence-electron chi connectivity index (χ2n) is 8.44. The highest BCUT2D eigenvalue weighted by atomic mass is 35.5. The van der Waals surface area contributed by atoms with Gasteiger partial charge in [0, 0.05) is 16.3 Å². The molecule has 0 unspecified atom stereocenters. The molecular weight excluding hydrogens is 400 g/mol. The highest BCUT2D eigenvalue weighted by molar-refractivity contribution is 6.31. The van der Waals surface area contributed by atoms with Gasteiger partial charge < -0.3 is 5.32 Å². The maximum atomic E-state index is 13.0. The summed E-state index contributed by atoms with van der Waals surface area (Å²) < 4.78 is 0. The average molecular weight is 421 g/mol.